The van der Waals surface area contributed by atoms with E-state index < -0.39 is 29.9 Å². The summed E-state index contributed by atoms with van der Waals surface area (Å²) in [7, 11) is -2.73. The summed E-state index contributed by atoms with van der Waals surface area (Å²) in [6.07, 6.45) is 0. The molecular formula is C24H18NOSSb. The van der Waals surface area contributed by atoms with Crippen LogP contribution in [0.4, 0.5) is 5.69 Å². The molecule has 0 bridgehead atoms. The van der Waals surface area contributed by atoms with Crippen molar-refractivity contribution in [1.82, 2.24) is 0 Å². The van der Waals surface area contributed by atoms with E-state index in [1.165, 1.54) is 10.5 Å². The number of nitrogens with zero attached hydrogens (tertiary/aromatic N) is 1. The Hall–Kier alpha value is -2.35. The number of fused-ring (bicyclic) bond motifs is 2. The van der Waals surface area contributed by atoms with Crippen molar-refractivity contribution in [2.24, 2.45) is 4.36 Å². The Morgan fingerprint density at radius 3 is 1.61 bits per heavy atom. The van der Waals surface area contributed by atoms with Gasteiger partial charge >= 0.3 is 174 Å². The van der Waals surface area contributed by atoms with Crippen LogP contribution in [-0.4, -0.2) is 24.4 Å². The fraction of sp³-hybridized carbons (Fsp3) is 0. The molecule has 5 rings (SSSR count). The van der Waals surface area contributed by atoms with Crippen molar-refractivity contribution < 1.29 is 4.21 Å². The van der Waals surface area contributed by atoms with Crippen LogP contribution < -0.4 is 10.5 Å². The van der Waals surface area contributed by atoms with Crippen molar-refractivity contribution in [3.05, 3.63) is 109 Å². The third-order valence-corrected chi connectivity index (χ3v) is 15.4. The van der Waals surface area contributed by atoms with E-state index in [1.54, 1.807) is 0 Å². The Balaban J connectivity index is 1.86. The molecule has 4 heteroatoms. The molecule has 0 unspecified atom stereocenters. The summed E-state index contributed by atoms with van der Waals surface area (Å²) in [4.78, 5) is 1.79. The van der Waals surface area contributed by atoms with E-state index in [0.29, 0.717) is 0 Å². The first-order chi connectivity index (χ1) is 13.8. The van der Waals surface area contributed by atoms with Gasteiger partial charge in [0.25, 0.3) is 0 Å². The van der Waals surface area contributed by atoms with Gasteiger partial charge in [0, 0.05) is 0 Å². The summed E-state index contributed by atoms with van der Waals surface area (Å²) in [6.45, 7) is 0. The molecule has 0 atom stereocenters. The van der Waals surface area contributed by atoms with Crippen LogP contribution in [0.25, 0.3) is 0 Å². The third kappa shape index (κ3) is 2.90. The van der Waals surface area contributed by atoms with Crippen LogP contribution in [0.2, 0.25) is 0 Å². The van der Waals surface area contributed by atoms with Crippen molar-refractivity contribution in [1.29, 1.82) is 0 Å². The fourth-order valence-electron chi connectivity index (χ4n) is 3.59. The normalized spacial score (nSPS) is 14.7. The molecule has 1 heterocycles. The Bertz CT molecular complexity index is 1210. The van der Waals surface area contributed by atoms with Gasteiger partial charge in [0.05, 0.1) is 0 Å². The maximum absolute atomic E-state index is 14.5. The summed E-state index contributed by atoms with van der Waals surface area (Å²) in [5, 5.41) is 0. The average molecular weight is 490 g/mol. The Labute approximate surface area is 173 Å². The summed E-state index contributed by atoms with van der Waals surface area (Å²) in [6, 6.07) is 36.8. The summed E-state index contributed by atoms with van der Waals surface area (Å²) < 4.78 is 23.2. The molecule has 2 nitrogen and oxygen atoms in total. The van der Waals surface area contributed by atoms with Crippen molar-refractivity contribution in [3.63, 3.8) is 0 Å². The number of hydrogen-bond donors (Lipinski definition) is 0. The second-order valence-electron chi connectivity index (χ2n) is 6.56. The van der Waals surface area contributed by atoms with Crippen molar-refractivity contribution >= 4 is 46.2 Å². The van der Waals surface area contributed by atoms with E-state index in [1.807, 2.05) is 54.6 Å². The quantitative estimate of drug-likeness (QED) is 0.347. The predicted octanol–water partition coefficient (Wildman–Crippen LogP) is 3.73. The molecular weight excluding hydrogens is 472 g/mol. The van der Waals surface area contributed by atoms with Crippen LogP contribution in [0.15, 0.2) is 123 Å². The molecule has 0 fully saturated rings. The van der Waals surface area contributed by atoms with Gasteiger partial charge in [-0.3, -0.25) is 0 Å². The topological polar surface area (TPSA) is 29.4 Å². The molecule has 28 heavy (non-hydrogen) atoms. The van der Waals surface area contributed by atoms with Crippen molar-refractivity contribution in [2.75, 3.05) is 0 Å². The first-order valence-electron chi connectivity index (χ1n) is 9.13. The molecule has 136 valence electrons. The molecule has 1 aliphatic heterocycles. The van der Waals surface area contributed by atoms with Gasteiger partial charge in [-0.25, -0.2) is 0 Å². The summed E-state index contributed by atoms with van der Waals surface area (Å²) in [5.74, 6) is 0. The molecule has 0 aliphatic carbocycles. The van der Waals surface area contributed by atoms with E-state index in [-0.39, 0.29) is 0 Å². The van der Waals surface area contributed by atoms with Crippen LogP contribution in [0.1, 0.15) is 0 Å². The monoisotopic (exact) mass is 489 g/mol. The Kier molecular flexibility index (Phi) is 4.58. The zero-order valence-corrected chi connectivity index (χ0v) is 18.5. The van der Waals surface area contributed by atoms with E-state index in [0.717, 1.165) is 15.5 Å². The zero-order chi connectivity index (χ0) is 19.0. The average Bonchev–Trinajstić information content (AvgIpc) is 2.76. The molecule has 0 N–H and O–H groups in total. The Morgan fingerprint density at radius 2 is 1.04 bits per heavy atom. The van der Waals surface area contributed by atoms with Gasteiger partial charge in [-0.15, -0.1) is 0 Å². The minimum atomic E-state index is -2.73. The first kappa shape index (κ1) is 17.7. The number of rotatable bonds is 2. The summed E-state index contributed by atoms with van der Waals surface area (Å²) in [5.41, 5.74) is 0.752. The second-order valence-corrected chi connectivity index (χ2v) is 14.8. The maximum atomic E-state index is 14.5. The molecule has 0 saturated carbocycles. The van der Waals surface area contributed by atoms with Crippen LogP contribution in [0, 0.1) is 0 Å². The Morgan fingerprint density at radius 1 is 0.571 bits per heavy atom. The van der Waals surface area contributed by atoms with E-state index >= 15 is 0 Å². The molecule has 0 amide bonds. The van der Waals surface area contributed by atoms with Gasteiger partial charge in [0.15, 0.2) is 0 Å². The standard InChI is InChI=1S/C18H13NOS.C6H5.Sb/c20-21(17-12-6-2-7-13-17,18-14-8-3-9-15-18)19-16-10-4-1-5-11-16;1-2-4-6-5-3-1;/h1-12,14H;1-5H;. The van der Waals surface area contributed by atoms with Crippen LogP contribution in [-0.2, 0) is 9.73 Å². The fourth-order valence-corrected chi connectivity index (χ4v) is 15.7. The van der Waals surface area contributed by atoms with Gasteiger partial charge in [0.1, 0.15) is 0 Å². The molecule has 0 saturated heterocycles. The molecule has 0 radical (unpaired) electrons. The minimum absolute atomic E-state index is 0.752. The molecule has 4 aromatic rings. The second kappa shape index (κ2) is 7.24. The van der Waals surface area contributed by atoms with Crippen LogP contribution >= 0.6 is 0 Å². The first-order valence-corrected chi connectivity index (χ1v) is 14.5. The van der Waals surface area contributed by atoms with Crippen molar-refractivity contribution in [2.45, 2.75) is 9.79 Å². The predicted molar refractivity (Wildman–Crippen MR) is 117 cm³/mol. The SMILES string of the molecule is O=S1(=Nc2ccccc2)c2cccc[c]2[Sb]([c]2ccccc2)[c]2ccccc21. The van der Waals surface area contributed by atoms with Gasteiger partial charge in [-0.05, 0) is 0 Å². The molecule has 4 aromatic carbocycles. The molecule has 1 aliphatic rings. The van der Waals surface area contributed by atoms with Gasteiger partial charge in [-0.1, -0.05) is 0 Å². The van der Waals surface area contributed by atoms with Gasteiger partial charge in [-0.2, -0.15) is 0 Å². The number of benzene rings is 4. The van der Waals surface area contributed by atoms with E-state index in [4.69, 9.17) is 4.36 Å². The van der Waals surface area contributed by atoms with E-state index in [9.17, 15) is 4.21 Å². The van der Waals surface area contributed by atoms with Crippen LogP contribution in [0.5, 0.6) is 0 Å². The molecule has 0 aromatic heterocycles. The zero-order valence-electron chi connectivity index (χ0n) is 15.1. The van der Waals surface area contributed by atoms with Gasteiger partial charge in [0.2, 0.25) is 0 Å². The third-order valence-electron chi connectivity index (χ3n) is 4.81. The van der Waals surface area contributed by atoms with Gasteiger partial charge < -0.3 is 0 Å². The van der Waals surface area contributed by atoms with Crippen molar-refractivity contribution in [3.8, 4) is 0 Å². The molecule has 0 spiro atoms. The summed E-state index contributed by atoms with van der Waals surface area (Å²) >= 11 is -2.27. The number of hydrogen-bond acceptors (Lipinski definition) is 2. The van der Waals surface area contributed by atoms with Crippen LogP contribution in [0.3, 0.4) is 0 Å². The van der Waals surface area contributed by atoms with E-state index in [2.05, 4.69) is 54.6 Å².